The lowest BCUT2D eigenvalue weighted by atomic mass is 9.79. The summed E-state index contributed by atoms with van der Waals surface area (Å²) in [6, 6.07) is 20.1. The van der Waals surface area contributed by atoms with Gasteiger partial charge in [0.15, 0.2) is 0 Å². The Morgan fingerprint density at radius 2 is 1.03 bits per heavy atom. The average molecular weight is 527 g/mol. The third kappa shape index (κ3) is 6.49. The molecule has 0 bridgehead atoms. The number of methoxy groups -OCH3 is 2. The average Bonchev–Trinajstić information content (AvgIpc) is 2.84. The van der Waals surface area contributed by atoms with Gasteiger partial charge in [0.2, 0.25) is 0 Å². The summed E-state index contributed by atoms with van der Waals surface area (Å²) in [5, 5.41) is 0. The fraction of sp³-hybridized carbons (Fsp3) is 0.333. The summed E-state index contributed by atoms with van der Waals surface area (Å²) >= 11 is 0. The van der Waals surface area contributed by atoms with Gasteiger partial charge in [-0.15, -0.1) is 0 Å². The van der Waals surface area contributed by atoms with Crippen LogP contribution in [0.4, 0.5) is 37.7 Å². The van der Waals surface area contributed by atoms with E-state index in [4.69, 9.17) is 9.47 Å². The van der Waals surface area contributed by atoms with Crippen LogP contribution in [0.15, 0.2) is 72.8 Å². The van der Waals surface area contributed by atoms with E-state index in [9.17, 15) is 26.3 Å². The topological polar surface area (TPSA) is 24.9 Å². The Morgan fingerprint density at radius 3 is 1.38 bits per heavy atom. The summed E-state index contributed by atoms with van der Waals surface area (Å²) in [6.45, 7) is -2.22. The van der Waals surface area contributed by atoms with Crippen LogP contribution in [0.1, 0.15) is 16.7 Å². The Balaban J connectivity index is 2.12. The molecule has 3 aromatic rings. The molecule has 0 unspecified atom stereocenters. The van der Waals surface area contributed by atoms with Crippen LogP contribution in [0.2, 0.25) is 0 Å². The largest absolute Gasteiger partial charge is 0.496 e. The minimum atomic E-state index is -4.36. The quantitative estimate of drug-likeness (QED) is 0.231. The van der Waals surface area contributed by atoms with Crippen molar-refractivity contribution in [3.63, 3.8) is 0 Å². The highest BCUT2D eigenvalue weighted by molar-refractivity contribution is 5.58. The molecule has 0 radical (unpaired) electrons. The fourth-order valence-electron chi connectivity index (χ4n) is 4.38. The molecule has 0 fully saturated rings. The maximum atomic E-state index is 12.9. The number of ether oxygens (including phenoxy) is 2. The lowest BCUT2D eigenvalue weighted by Gasteiger charge is -2.36. The molecule has 0 heterocycles. The minimum absolute atomic E-state index is 0.357. The van der Waals surface area contributed by atoms with Crippen molar-refractivity contribution in [1.29, 1.82) is 0 Å². The number of alkyl halides is 6. The van der Waals surface area contributed by atoms with E-state index in [0.717, 1.165) is 9.80 Å². The highest BCUT2D eigenvalue weighted by Crippen LogP contribution is 2.44. The number of hydrogen-bond acceptors (Lipinski definition) is 4. The lowest BCUT2D eigenvalue weighted by Crippen LogP contribution is -2.33. The molecule has 10 heteroatoms. The van der Waals surface area contributed by atoms with Crippen molar-refractivity contribution in [3.05, 3.63) is 89.5 Å². The summed E-state index contributed by atoms with van der Waals surface area (Å²) < 4.78 is 89.0. The molecule has 37 heavy (non-hydrogen) atoms. The second-order valence-corrected chi connectivity index (χ2v) is 8.62. The van der Waals surface area contributed by atoms with E-state index in [1.807, 2.05) is 0 Å². The van der Waals surface area contributed by atoms with E-state index in [0.29, 0.717) is 33.8 Å². The summed E-state index contributed by atoms with van der Waals surface area (Å²) in [5.41, 5.74) is 1.26. The molecular weight excluding hydrogens is 498 g/mol. The number of halogens is 6. The van der Waals surface area contributed by atoms with Crippen molar-refractivity contribution in [3.8, 4) is 5.75 Å². The Kier molecular flexibility index (Phi) is 8.32. The van der Waals surface area contributed by atoms with Crippen molar-refractivity contribution < 1.29 is 35.8 Å². The van der Waals surface area contributed by atoms with Crippen LogP contribution < -0.4 is 14.5 Å². The van der Waals surface area contributed by atoms with E-state index >= 15 is 0 Å². The molecule has 0 aromatic heterocycles. The van der Waals surface area contributed by atoms with Crippen molar-refractivity contribution in [2.24, 2.45) is 0 Å². The first-order valence-electron chi connectivity index (χ1n) is 11.3. The molecule has 3 rings (SSSR count). The van der Waals surface area contributed by atoms with Gasteiger partial charge in [-0.2, -0.15) is 26.3 Å². The zero-order valence-electron chi connectivity index (χ0n) is 20.8. The first kappa shape index (κ1) is 28.2. The van der Waals surface area contributed by atoms with Gasteiger partial charge in [0.05, 0.1) is 7.11 Å². The van der Waals surface area contributed by atoms with Crippen LogP contribution in [0, 0.1) is 0 Å². The van der Waals surface area contributed by atoms with Crippen molar-refractivity contribution in [2.45, 2.75) is 18.0 Å². The molecule has 0 atom stereocenters. The molecule has 0 aliphatic carbocycles. The smallest absolute Gasteiger partial charge is 0.405 e. The van der Waals surface area contributed by atoms with Crippen LogP contribution in [0.5, 0.6) is 5.75 Å². The SMILES string of the molecule is COc1ccccc1C(OC)(c1ccc(N(C)CC(F)(F)F)cc1)c1ccc(N(C)CC(F)(F)F)cc1. The summed E-state index contributed by atoms with van der Waals surface area (Å²) in [6.07, 6.45) is -8.72. The number of hydrogen-bond donors (Lipinski definition) is 0. The van der Waals surface area contributed by atoms with E-state index in [2.05, 4.69) is 0 Å². The maximum Gasteiger partial charge on any atom is 0.405 e. The summed E-state index contributed by atoms with van der Waals surface area (Å²) in [5.74, 6) is 0.501. The number of benzene rings is 3. The van der Waals surface area contributed by atoms with Gasteiger partial charge in [0, 0.05) is 38.1 Å². The maximum absolute atomic E-state index is 12.9. The molecule has 0 saturated heterocycles. The molecule has 0 aliphatic heterocycles. The number of nitrogens with zero attached hydrogens (tertiary/aromatic N) is 2. The van der Waals surface area contributed by atoms with Gasteiger partial charge >= 0.3 is 12.4 Å². The molecule has 0 spiro atoms. The molecule has 0 amide bonds. The first-order chi connectivity index (χ1) is 17.3. The number of rotatable bonds is 9. The minimum Gasteiger partial charge on any atom is -0.496 e. The second kappa shape index (κ2) is 10.9. The monoisotopic (exact) mass is 526 g/mol. The predicted octanol–water partition coefficient (Wildman–Crippen LogP) is 6.63. The van der Waals surface area contributed by atoms with Crippen molar-refractivity contribution >= 4 is 11.4 Å². The molecule has 4 nitrogen and oxygen atoms in total. The van der Waals surface area contributed by atoms with E-state index in [1.165, 1.54) is 28.3 Å². The molecule has 0 aliphatic rings. The van der Waals surface area contributed by atoms with Crippen molar-refractivity contribution in [2.75, 3.05) is 51.2 Å². The van der Waals surface area contributed by atoms with Crippen LogP contribution in [-0.4, -0.2) is 53.8 Å². The van der Waals surface area contributed by atoms with Crippen molar-refractivity contribution in [1.82, 2.24) is 0 Å². The molecule has 200 valence electrons. The van der Waals surface area contributed by atoms with Gasteiger partial charge in [-0.25, -0.2) is 0 Å². The summed E-state index contributed by atoms with van der Waals surface area (Å²) in [4.78, 5) is 2.18. The Morgan fingerprint density at radius 1 is 0.622 bits per heavy atom. The normalized spacial score (nSPS) is 12.4. The van der Waals surface area contributed by atoms with Crippen LogP contribution in [0.3, 0.4) is 0 Å². The third-order valence-corrected chi connectivity index (χ3v) is 6.05. The van der Waals surface area contributed by atoms with E-state index in [-0.39, 0.29) is 0 Å². The Hall–Kier alpha value is -3.40. The first-order valence-corrected chi connectivity index (χ1v) is 11.3. The molecular formula is C27H28F6N2O2. The third-order valence-electron chi connectivity index (χ3n) is 6.05. The van der Waals surface area contributed by atoms with E-state index in [1.54, 1.807) is 72.8 Å². The van der Waals surface area contributed by atoms with Gasteiger partial charge < -0.3 is 19.3 Å². The van der Waals surface area contributed by atoms with Crippen LogP contribution in [0.25, 0.3) is 0 Å². The van der Waals surface area contributed by atoms with E-state index < -0.39 is 31.0 Å². The Bertz CT molecular complexity index is 1100. The standard InChI is InChI=1S/C27H28F6N2O2/c1-34(17-25(28,29)30)21-13-9-19(10-14-21)27(37-4,23-7-5-6-8-24(23)36-3)20-11-15-22(16-12-20)35(2)18-26(31,32)33/h5-16H,17-18H2,1-4H3. The fourth-order valence-corrected chi connectivity index (χ4v) is 4.38. The zero-order chi connectivity index (χ0) is 27.4. The van der Waals surface area contributed by atoms with Gasteiger partial charge in [0.1, 0.15) is 24.4 Å². The van der Waals surface area contributed by atoms with Gasteiger partial charge in [-0.1, -0.05) is 42.5 Å². The molecule has 0 saturated carbocycles. The zero-order valence-corrected chi connectivity index (χ0v) is 20.8. The number of anilines is 2. The second-order valence-electron chi connectivity index (χ2n) is 8.62. The summed E-state index contributed by atoms with van der Waals surface area (Å²) in [7, 11) is 5.69. The highest BCUT2D eigenvalue weighted by Gasteiger charge is 2.39. The number of para-hydroxylation sites is 1. The Labute approximate surface area is 212 Å². The highest BCUT2D eigenvalue weighted by atomic mass is 19.4. The van der Waals surface area contributed by atoms with Crippen LogP contribution >= 0.6 is 0 Å². The molecule has 3 aromatic carbocycles. The van der Waals surface area contributed by atoms with Crippen LogP contribution in [-0.2, 0) is 10.3 Å². The lowest BCUT2D eigenvalue weighted by molar-refractivity contribution is -0.120. The molecule has 0 N–H and O–H groups in total. The van der Waals surface area contributed by atoms with Gasteiger partial charge in [0.25, 0.3) is 0 Å². The van der Waals surface area contributed by atoms with Gasteiger partial charge in [-0.05, 0) is 41.5 Å². The van der Waals surface area contributed by atoms with Gasteiger partial charge in [-0.3, -0.25) is 0 Å². The predicted molar refractivity (Wildman–Crippen MR) is 131 cm³/mol.